The number of anilines is 1. The van der Waals surface area contributed by atoms with Gasteiger partial charge in [0.2, 0.25) is 0 Å². The lowest BCUT2D eigenvalue weighted by atomic mass is 9.93. The molecule has 3 N–H and O–H groups in total. The maximum atomic E-state index is 13.3. The molecule has 1 atom stereocenters. The molecule has 1 aromatic carbocycles. The molecule has 2 amide bonds. The number of carbonyl (C=O) groups excluding carboxylic acids is 1. The molecule has 0 aliphatic carbocycles. The van der Waals surface area contributed by atoms with Gasteiger partial charge in [-0.15, -0.1) is 0 Å². The summed E-state index contributed by atoms with van der Waals surface area (Å²) >= 11 is 0. The lowest BCUT2D eigenvalue weighted by molar-refractivity contribution is 0.0170. The van der Waals surface area contributed by atoms with Crippen molar-refractivity contribution in [2.24, 2.45) is 5.92 Å². The Kier molecular flexibility index (Phi) is 4.67. The van der Waals surface area contributed by atoms with Crippen LogP contribution < -0.4 is 10.6 Å². The number of hydrogen-bond donors (Lipinski definition) is 3. The minimum atomic E-state index is -0.993. The van der Waals surface area contributed by atoms with Gasteiger partial charge < -0.3 is 15.7 Å². The van der Waals surface area contributed by atoms with Crippen molar-refractivity contribution in [1.82, 2.24) is 5.32 Å². The number of nitrogens with one attached hydrogen (secondary N) is 2. The molecule has 5 heteroatoms. The second-order valence-corrected chi connectivity index (χ2v) is 4.80. The number of hydrogen-bond acceptors (Lipinski definition) is 2. The summed E-state index contributed by atoms with van der Waals surface area (Å²) in [6, 6.07) is 5.36. The molecule has 18 heavy (non-hydrogen) atoms. The van der Waals surface area contributed by atoms with Crippen molar-refractivity contribution in [3.05, 3.63) is 30.1 Å². The topological polar surface area (TPSA) is 61.4 Å². The van der Waals surface area contributed by atoms with Crippen molar-refractivity contribution >= 4 is 11.7 Å². The number of benzene rings is 1. The smallest absolute Gasteiger partial charge is 0.319 e. The van der Waals surface area contributed by atoms with Crippen LogP contribution in [-0.2, 0) is 0 Å². The van der Waals surface area contributed by atoms with Crippen molar-refractivity contribution in [3.8, 4) is 0 Å². The number of amides is 2. The highest BCUT2D eigenvalue weighted by Crippen LogP contribution is 2.15. The van der Waals surface area contributed by atoms with Crippen LogP contribution in [0.2, 0.25) is 0 Å². The predicted octanol–water partition coefficient (Wildman–Crippen LogP) is 2.35. The van der Waals surface area contributed by atoms with E-state index in [1.165, 1.54) is 12.1 Å². The van der Waals surface area contributed by atoms with E-state index in [9.17, 15) is 14.3 Å². The van der Waals surface area contributed by atoms with Gasteiger partial charge in [-0.25, -0.2) is 9.18 Å². The van der Waals surface area contributed by atoms with E-state index in [-0.39, 0.29) is 18.2 Å². The molecule has 0 saturated carbocycles. The van der Waals surface area contributed by atoms with Crippen molar-refractivity contribution in [3.63, 3.8) is 0 Å². The molecule has 0 aliphatic heterocycles. The van der Waals surface area contributed by atoms with Gasteiger partial charge in [0, 0.05) is 6.54 Å². The number of rotatable bonds is 4. The van der Waals surface area contributed by atoms with Crippen molar-refractivity contribution in [2.45, 2.75) is 26.4 Å². The van der Waals surface area contributed by atoms with Gasteiger partial charge in [-0.3, -0.25) is 0 Å². The van der Waals surface area contributed by atoms with Gasteiger partial charge in [-0.2, -0.15) is 0 Å². The fraction of sp³-hybridized carbons (Fsp3) is 0.462. The summed E-state index contributed by atoms with van der Waals surface area (Å²) in [5.41, 5.74) is -0.883. The first-order valence-corrected chi connectivity index (χ1v) is 5.84. The SMILES string of the molecule is CC(C)[C@@](C)(O)CNC(=O)Nc1ccccc1F. The molecule has 1 aromatic rings. The minimum absolute atomic E-state index is 0.00580. The summed E-state index contributed by atoms with van der Waals surface area (Å²) in [5.74, 6) is -0.491. The van der Waals surface area contributed by atoms with Crippen molar-refractivity contribution in [1.29, 1.82) is 0 Å². The van der Waals surface area contributed by atoms with E-state index in [4.69, 9.17) is 0 Å². The van der Waals surface area contributed by atoms with E-state index in [0.29, 0.717) is 0 Å². The van der Waals surface area contributed by atoms with E-state index < -0.39 is 17.4 Å². The average molecular weight is 254 g/mol. The largest absolute Gasteiger partial charge is 0.388 e. The monoisotopic (exact) mass is 254 g/mol. The van der Waals surface area contributed by atoms with Crippen molar-refractivity contribution < 1.29 is 14.3 Å². The maximum absolute atomic E-state index is 13.3. The van der Waals surface area contributed by atoms with E-state index in [1.807, 2.05) is 13.8 Å². The molecule has 0 radical (unpaired) electrons. The molecule has 0 saturated heterocycles. The highest BCUT2D eigenvalue weighted by Gasteiger charge is 2.25. The summed E-state index contributed by atoms with van der Waals surface area (Å²) < 4.78 is 13.3. The Morgan fingerprint density at radius 3 is 2.61 bits per heavy atom. The van der Waals surface area contributed by atoms with Gasteiger partial charge in [0.05, 0.1) is 11.3 Å². The number of carbonyl (C=O) groups is 1. The molecule has 0 heterocycles. The molecule has 0 fully saturated rings. The number of aliphatic hydroxyl groups is 1. The summed E-state index contributed by atoms with van der Waals surface area (Å²) in [6.45, 7) is 5.46. The zero-order valence-corrected chi connectivity index (χ0v) is 10.8. The van der Waals surface area contributed by atoms with Crippen LogP contribution in [0.5, 0.6) is 0 Å². The Hall–Kier alpha value is -1.62. The first-order valence-electron chi connectivity index (χ1n) is 5.84. The lowest BCUT2D eigenvalue weighted by Gasteiger charge is -2.27. The Morgan fingerprint density at radius 2 is 2.06 bits per heavy atom. The van der Waals surface area contributed by atoms with Crippen molar-refractivity contribution in [2.75, 3.05) is 11.9 Å². The van der Waals surface area contributed by atoms with Crippen LogP contribution in [0.4, 0.5) is 14.9 Å². The summed E-state index contributed by atoms with van der Waals surface area (Å²) in [5, 5.41) is 14.8. The van der Waals surface area contributed by atoms with E-state index in [1.54, 1.807) is 19.1 Å². The molecule has 0 unspecified atom stereocenters. The van der Waals surface area contributed by atoms with Crippen LogP contribution >= 0.6 is 0 Å². The molecular formula is C13H19FN2O2. The second-order valence-electron chi connectivity index (χ2n) is 4.80. The Morgan fingerprint density at radius 1 is 1.44 bits per heavy atom. The molecule has 0 aliphatic rings. The second kappa shape index (κ2) is 5.82. The highest BCUT2D eigenvalue weighted by atomic mass is 19.1. The number of para-hydroxylation sites is 1. The third-order valence-electron chi connectivity index (χ3n) is 2.97. The van der Waals surface area contributed by atoms with Crippen LogP contribution in [0, 0.1) is 11.7 Å². The zero-order chi connectivity index (χ0) is 13.8. The molecule has 4 nitrogen and oxygen atoms in total. The maximum Gasteiger partial charge on any atom is 0.319 e. The van der Waals surface area contributed by atoms with Crippen LogP contribution in [0.1, 0.15) is 20.8 Å². The third kappa shape index (κ3) is 4.00. The van der Waals surface area contributed by atoms with Gasteiger partial charge in [0.15, 0.2) is 0 Å². The first-order chi connectivity index (χ1) is 8.33. The number of halogens is 1. The third-order valence-corrected chi connectivity index (χ3v) is 2.97. The van der Waals surface area contributed by atoms with E-state index in [2.05, 4.69) is 10.6 Å². The normalized spacial score (nSPS) is 14.1. The first kappa shape index (κ1) is 14.4. The molecule has 0 spiro atoms. The Balaban J connectivity index is 2.51. The molecular weight excluding hydrogens is 235 g/mol. The molecule has 0 aromatic heterocycles. The van der Waals surface area contributed by atoms with Crippen LogP contribution in [-0.4, -0.2) is 23.3 Å². The average Bonchev–Trinajstić information content (AvgIpc) is 2.29. The van der Waals surface area contributed by atoms with Crippen LogP contribution in [0.25, 0.3) is 0 Å². The highest BCUT2D eigenvalue weighted by molar-refractivity contribution is 5.89. The molecule has 1 rings (SSSR count). The Labute approximate surface area is 106 Å². The van der Waals surface area contributed by atoms with Gasteiger partial charge in [-0.05, 0) is 25.0 Å². The van der Waals surface area contributed by atoms with Crippen LogP contribution in [0.15, 0.2) is 24.3 Å². The van der Waals surface area contributed by atoms with Gasteiger partial charge in [0.25, 0.3) is 0 Å². The van der Waals surface area contributed by atoms with Gasteiger partial charge in [0.1, 0.15) is 5.82 Å². The summed E-state index contributed by atoms with van der Waals surface area (Å²) in [7, 11) is 0. The lowest BCUT2D eigenvalue weighted by Crippen LogP contribution is -2.45. The van der Waals surface area contributed by atoms with E-state index in [0.717, 1.165) is 0 Å². The predicted molar refractivity (Wildman–Crippen MR) is 68.9 cm³/mol. The minimum Gasteiger partial charge on any atom is -0.388 e. The van der Waals surface area contributed by atoms with Gasteiger partial charge in [-0.1, -0.05) is 26.0 Å². The summed E-state index contributed by atoms with van der Waals surface area (Å²) in [4.78, 5) is 11.5. The standard InChI is InChI=1S/C13H19FN2O2/c1-9(2)13(3,18)8-15-12(17)16-11-7-5-4-6-10(11)14/h4-7,9,18H,8H2,1-3H3,(H2,15,16,17)/t13-/m0/s1. The fourth-order valence-electron chi connectivity index (χ4n) is 1.19. The zero-order valence-electron chi connectivity index (χ0n) is 10.8. The molecule has 0 bridgehead atoms. The Bertz CT molecular complexity index is 419. The van der Waals surface area contributed by atoms with E-state index >= 15 is 0 Å². The van der Waals surface area contributed by atoms with Gasteiger partial charge >= 0.3 is 6.03 Å². The molecule has 100 valence electrons. The fourth-order valence-corrected chi connectivity index (χ4v) is 1.19. The summed E-state index contributed by atoms with van der Waals surface area (Å²) in [6.07, 6.45) is 0. The quantitative estimate of drug-likeness (QED) is 0.772. The number of urea groups is 1. The van der Waals surface area contributed by atoms with Crippen LogP contribution in [0.3, 0.4) is 0 Å².